The second-order valence-corrected chi connectivity index (χ2v) is 8.88. The van der Waals surface area contributed by atoms with Crippen molar-refractivity contribution >= 4 is 11.9 Å². The number of rotatable bonds is 7. The van der Waals surface area contributed by atoms with E-state index >= 15 is 0 Å². The molecule has 2 fully saturated rings. The molecule has 2 N–H and O–H groups in total. The number of ether oxygens (including phenoxy) is 3. The number of pyridine rings is 2. The van der Waals surface area contributed by atoms with Gasteiger partial charge in [0.25, 0.3) is 0 Å². The molecule has 10 nitrogen and oxygen atoms in total. The number of aliphatic carboxylic acids is 2. The molecular formula is C24H27F6N3O7. The number of hydrogen-bond donors (Lipinski definition) is 2. The number of aromatic nitrogens is 2. The highest BCUT2D eigenvalue weighted by atomic mass is 19.4. The summed E-state index contributed by atoms with van der Waals surface area (Å²) in [5.74, 6) is -4.29. The van der Waals surface area contributed by atoms with E-state index in [1.807, 2.05) is 24.4 Å². The van der Waals surface area contributed by atoms with E-state index in [9.17, 15) is 26.3 Å². The number of fused-ring (bicyclic) bond motifs is 1. The van der Waals surface area contributed by atoms with Crippen molar-refractivity contribution in [2.24, 2.45) is 11.3 Å². The summed E-state index contributed by atoms with van der Waals surface area (Å²) in [6.07, 6.45) is -4.76. The number of nitrogens with zero attached hydrogens (tertiary/aromatic N) is 3. The zero-order chi connectivity index (χ0) is 30.0. The Bertz CT molecular complexity index is 1080. The van der Waals surface area contributed by atoms with Crippen LogP contribution in [-0.2, 0) is 32.2 Å². The van der Waals surface area contributed by atoms with E-state index in [-0.39, 0.29) is 5.41 Å². The van der Waals surface area contributed by atoms with E-state index in [2.05, 4.69) is 20.9 Å². The Hall–Kier alpha value is -3.50. The fraction of sp³-hybridized carbons (Fsp3) is 0.500. The molecule has 0 saturated carbocycles. The molecule has 0 amide bonds. The zero-order valence-electron chi connectivity index (χ0n) is 21.1. The summed E-state index contributed by atoms with van der Waals surface area (Å²) in [4.78, 5) is 28.7. The van der Waals surface area contributed by atoms with Gasteiger partial charge in [-0.05, 0) is 17.7 Å². The Morgan fingerprint density at radius 3 is 2.27 bits per heavy atom. The fourth-order valence-electron chi connectivity index (χ4n) is 4.09. The summed E-state index contributed by atoms with van der Waals surface area (Å²) in [7, 11) is 1.67. The average Bonchev–Trinajstić information content (AvgIpc) is 3.41. The van der Waals surface area contributed by atoms with Gasteiger partial charge in [-0.15, -0.1) is 0 Å². The standard InChI is InChI=1S/C20H25N3O3.2C2HF3O2/c1-24-19-17(5-3-7-22-19)9-23-10-18-12-26-15-20(18,13-23)14-25-11-16-4-2-6-21-8-16;2*3-2(4,5)1(6)7/h2-8,18H,9-15H2,1H3;2*(H,6,7)/t18-,20-;;/m1../s1. The predicted molar refractivity (Wildman–Crippen MR) is 124 cm³/mol. The minimum absolute atomic E-state index is 0.0810. The lowest BCUT2D eigenvalue weighted by molar-refractivity contribution is -0.193. The molecule has 0 spiro atoms. The smallest absolute Gasteiger partial charge is 0.481 e. The Morgan fingerprint density at radius 1 is 1.10 bits per heavy atom. The van der Waals surface area contributed by atoms with E-state index in [0.29, 0.717) is 25.0 Å². The second-order valence-electron chi connectivity index (χ2n) is 8.88. The summed E-state index contributed by atoms with van der Waals surface area (Å²) in [5, 5.41) is 14.2. The zero-order valence-corrected chi connectivity index (χ0v) is 21.1. The number of carboxylic acids is 2. The van der Waals surface area contributed by atoms with Crippen LogP contribution in [0.25, 0.3) is 0 Å². The third kappa shape index (κ3) is 9.91. The Kier molecular flexibility index (Phi) is 11.6. The molecule has 2 saturated heterocycles. The molecule has 2 aliphatic heterocycles. The Labute approximate surface area is 224 Å². The van der Waals surface area contributed by atoms with Crippen LogP contribution < -0.4 is 4.74 Å². The number of alkyl halides is 6. The molecule has 0 aromatic carbocycles. The molecular weight excluding hydrogens is 556 g/mol. The van der Waals surface area contributed by atoms with Gasteiger partial charge in [0.1, 0.15) is 0 Å². The average molecular weight is 583 g/mol. The van der Waals surface area contributed by atoms with Crippen LogP contribution in [0.15, 0.2) is 42.9 Å². The number of likely N-dealkylation sites (tertiary alicyclic amines) is 1. The largest absolute Gasteiger partial charge is 0.490 e. The molecule has 16 heteroatoms. The first-order valence-electron chi connectivity index (χ1n) is 11.5. The second kappa shape index (κ2) is 14.2. The van der Waals surface area contributed by atoms with Crippen molar-refractivity contribution in [2.75, 3.05) is 40.0 Å². The molecule has 2 aromatic rings. The van der Waals surface area contributed by atoms with E-state index in [0.717, 1.165) is 44.0 Å². The summed E-state index contributed by atoms with van der Waals surface area (Å²) < 4.78 is 80.7. The van der Waals surface area contributed by atoms with Crippen LogP contribution in [0.3, 0.4) is 0 Å². The predicted octanol–water partition coefficient (Wildman–Crippen LogP) is 3.42. The lowest BCUT2D eigenvalue weighted by atomic mass is 9.82. The minimum atomic E-state index is -5.08. The maximum absolute atomic E-state index is 10.6. The molecule has 40 heavy (non-hydrogen) atoms. The van der Waals surface area contributed by atoms with Gasteiger partial charge in [0.2, 0.25) is 5.88 Å². The van der Waals surface area contributed by atoms with Crippen LogP contribution in [0.4, 0.5) is 26.3 Å². The molecule has 2 aliphatic rings. The van der Waals surface area contributed by atoms with Crippen LogP contribution in [0, 0.1) is 11.3 Å². The van der Waals surface area contributed by atoms with Gasteiger partial charge in [0.15, 0.2) is 0 Å². The van der Waals surface area contributed by atoms with Gasteiger partial charge >= 0.3 is 24.3 Å². The van der Waals surface area contributed by atoms with Crippen molar-refractivity contribution in [1.82, 2.24) is 14.9 Å². The van der Waals surface area contributed by atoms with Crippen molar-refractivity contribution in [2.45, 2.75) is 25.5 Å². The SMILES string of the molecule is COc1ncccc1CN1C[C@@H]2COC[C@]2(COCc2cccnc2)C1.O=C(O)C(F)(F)F.O=C(O)C(F)(F)F. The van der Waals surface area contributed by atoms with Crippen molar-refractivity contribution < 1.29 is 60.4 Å². The maximum atomic E-state index is 10.6. The lowest BCUT2D eigenvalue weighted by Gasteiger charge is -2.27. The molecule has 4 rings (SSSR count). The van der Waals surface area contributed by atoms with Crippen molar-refractivity contribution in [3.05, 3.63) is 54.0 Å². The Balaban J connectivity index is 0.000000333. The summed E-state index contributed by atoms with van der Waals surface area (Å²) in [6.45, 7) is 5.74. The van der Waals surface area contributed by atoms with Gasteiger partial charge in [0.05, 0.1) is 33.5 Å². The fourth-order valence-corrected chi connectivity index (χ4v) is 4.09. The number of methoxy groups -OCH3 is 1. The first-order valence-corrected chi connectivity index (χ1v) is 11.5. The minimum Gasteiger partial charge on any atom is -0.481 e. The maximum Gasteiger partial charge on any atom is 0.490 e. The molecule has 0 aliphatic carbocycles. The molecule has 0 unspecified atom stereocenters. The van der Waals surface area contributed by atoms with Gasteiger partial charge in [-0.25, -0.2) is 14.6 Å². The quantitative estimate of drug-likeness (QED) is 0.468. The van der Waals surface area contributed by atoms with Gasteiger partial charge in [-0.3, -0.25) is 9.88 Å². The highest BCUT2D eigenvalue weighted by Gasteiger charge is 2.50. The third-order valence-electron chi connectivity index (χ3n) is 5.89. The van der Waals surface area contributed by atoms with Crippen LogP contribution >= 0.6 is 0 Å². The number of carbonyl (C=O) groups is 2. The van der Waals surface area contributed by atoms with Gasteiger partial charge in [-0.1, -0.05) is 12.1 Å². The van der Waals surface area contributed by atoms with Crippen molar-refractivity contribution in [3.63, 3.8) is 0 Å². The van der Waals surface area contributed by atoms with Crippen molar-refractivity contribution in [1.29, 1.82) is 0 Å². The van der Waals surface area contributed by atoms with Crippen molar-refractivity contribution in [3.8, 4) is 5.88 Å². The van der Waals surface area contributed by atoms with Gasteiger partial charge < -0.3 is 24.4 Å². The van der Waals surface area contributed by atoms with E-state index in [1.54, 1.807) is 19.5 Å². The van der Waals surface area contributed by atoms with E-state index < -0.39 is 24.3 Å². The normalized spacial score (nSPS) is 20.4. The molecule has 222 valence electrons. The molecule has 4 heterocycles. The Morgan fingerprint density at radius 2 is 1.73 bits per heavy atom. The first-order chi connectivity index (χ1) is 18.7. The number of carboxylic acid groups (broad SMARTS) is 2. The van der Waals surface area contributed by atoms with E-state index in [1.165, 1.54) is 0 Å². The summed E-state index contributed by atoms with van der Waals surface area (Å²) >= 11 is 0. The summed E-state index contributed by atoms with van der Waals surface area (Å²) in [6, 6.07) is 8.03. The van der Waals surface area contributed by atoms with Crippen LogP contribution in [0.1, 0.15) is 11.1 Å². The highest BCUT2D eigenvalue weighted by molar-refractivity contribution is 5.73. The molecule has 0 radical (unpaired) electrons. The molecule has 2 aromatic heterocycles. The van der Waals surface area contributed by atoms with Crippen LogP contribution in [0.2, 0.25) is 0 Å². The van der Waals surface area contributed by atoms with Crippen LogP contribution in [-0.4, -0.2) is 89.4 Å². The lowest BCUT2D eigenvalue weighted by Crippen LogP contribution is -2.35. The molecule has 0 bridgehead atoms. The molecule has 2 atom stereocenters. The van der Waals surface area contributed by atoms with Gasteiger partial charge in [-0.2, -0.15) is 26.3 Å². The summed E-state index contributed by atoms with van der Waals surface area (Å²) in [5.41, 5.74) is 2.31. The topological polar surface area (TPSA) is 131 Å². The third-order valence-corrected chi connectivity index (χ3v) is 5.89. The highest BCUT2D eigenvalue weighted by Crippen LogP contribution is 2.42. The van der Waals surface area contributed by atoms with E-state index in [4.69, 9.17) is 34.0 Å². The monoisotopic (exact) mass is 583 g/mol. The number of hydrogen-bond acceptors (Lipinski definition) is 8. The van der Waals surface area contributed by atoms with Gasteiger partial charge in [0, 0.05) is 55.1 Å². The first kappa shape index (κ1) is 32.7. The number of halogens is 6. The van der Waals surface area contributed by atoms with Crippen LogP contribution in [0.5, 0.6) is 5.88 Å².